The second kappa shape index (κ2) is 7.12. The van der Waals surface area contributed by atoms with Crippen molar-refractivity contribution in [2.75, 3.05) is 0 Å². The normalized spacial score (nSPS) is 17.3. The van der Waals surface area contributed by atoms with Gasteiger partial charge in [-0.25, -0.2) is 22.0 Å². The van der Waals surface area contributed by atoms with Crippen molar-refractivity contribution in [3.8, 4) is 11.5 Å². The summed E-state index contributed by atoms with van der Waals surface area (Å²) in [5.74, 6) is -7.38. The van der Waals surface area contributed by atoms with Crippen molar-refractivity contribution in [1.82, 2.24) is 0 Å². The number of hydrogen-bond acceptors (Lipinski definition) is 3. The molecule has 0 radical (unpaired) electrons. The zero-order chi connectivity index (χ0) is 21.6. The predicted octanol–water partition coefficient (Wildman–Crippen LogP) is 5.45. The fourth-order valence-electron chi connectivity index (χ4n) is 3.33. The summed E-state index contributed by atoms with van der Waals surface area (Å²) in [7, 11) is 0. The van der Waals surface area contributed by atoms with Gasteiger partial charge in [-0.1, -0.05) is 6.07 Å². The molecule has 0 fully saturated rings. The van der Waals surface area contributed by atoms with E-state index in [2.05, 4.69) is 0 Å². The second-order valence-electron chi connectivity index (χ2n) is 6.83. The number of carbonyl (C=O) groups excluding carboxylic acids is 1. The first-order valence-corrected chi connectivity index (χ1v) is 8.80. The van der Waals surface area contributed by atoms with E-state index in [-0.39, 0.29) is 28.2 Å². The maximum absolute atomic E-state index is 14.6. The minimum Gasteiger partial charge on any atom is -0.444 e. The lowest BCUT2D eigenvalue weighted by Gasteiger charge is -2.29. The van der Waals surface area contributed by atoms with E-state index >= 15 is 0 Å². The highest BCUT2D eigenvalue weighted by molar-refractivity contribution is 5.95. The molecule has 154 valence electrons. The van der Waals surface area contributed by atoms with Crippen molar-refractivity contribution in [3.05, 3.63) is 94.3 Å². The summed E-state index contributed by atoms with van der Waals surface area (Å²) in [5, 5.41) is 0. The van der Waals surface area contributed by atoms with Crippen molar-refractivity contribution in [1.29, 1.82) is 0 Å². The molecule has 8 heteroatoms. The molecule has 0 amide bonds. The molecule has 0 aliphatic carbocycles. The Hall–Kier alpha value is -3.42. The summed E-state index contributed by atoms with van der Waals surface area (Å²) in [6.45, 7) is 1.15. The van der Waals surface area contributed by atoms with Gasteiger partial charge in [-0.15, -0.1) is 0 Å². The summed E-state index contributed by atoms with van der Waals surface area (Å²) in [6, 6.07) is 7.37. The summed E-state index contributed by atoms with van der Waals surface area (Å²) in [6.07, 6.45) is -0.451. The summed E-state index contributed by atoms with van der Waals surface area (Å²) in [4.78, 5) is 11.6. The lowest BCUT2D eigenvalue weighted by molar-refractivity contribution is -0.0887. The summed E-state index contributed by atoms with van der Waals surface area (Å²) >= 11 is 0. The molecule has 0 bridgehead atoms. The van der Waals surface area contributed by atoms with Crippen molar-refractivity contribution < 1.29 is 36.2 Å². The van der Waals surface area contributed by atoms with E-state index in [9.17, 15) is 26.7 Å². The average Bonchev–Trinajstić information content (AvgIpc) is 3.01. The Morgan fingerprint density at radius 3 is 2.00 bits per heavy atom. The van der Waals surface area contributed by atoms with Crippen LogP contribution in [0.2, 0.25) is 0 Å². The molecular weight excluding hydrogens is 407 g/mol. The monoisotopic (exact) mass is 420 g/mol. The molecule has 4 rings (SSSR count). The van der Waals surface area contributed by atoms with Crippen molar-refractivity contribution in [2.24, 2.45) is 0 Å². The van der Waals surface area contributed by atoms with Gasteiger partial charge in [0.1, 0.15) is 29.1 Å². The van der Waals surface area contributed by atoms with Crippen LogP contribution in [0.4, 0.5) is 22.0 Å². The van der Waals surface area contributed by atoms with Crippen LogP contribution in [0.1, 0.15) is 28.4 Å². The van der Waals surface area contributed by atoms with Gasteiger partial charge in [-0.2, -0.15) is 0 Å². The Morgan fingerprint density at radius 2 is 1.40 bits per heavy atom. The van der Waals surface area contributed by atoms with E-state index in [1.165, 1.54) is 0 Å². The van der Waals surface area contributed by atoms with Crippen LogP contribution in [0.3, 0.4) is 0 Å². The van der Waals surface area contributed by atoms with Gasteiger partial charge in [0.15, 0.2) is 17.3 Å². The van der Waals surface area contributed by atoms with Gasteiger partial charge in [-0.3, -0.25) is 4.79 Å². The molecule has 3 aromatic carbocycles. The highest BCUT2D eigenvalue weighted by atomic mass is 19.1. The molecule has 30 heavy (non-hydrogen) atoms. The minimum atomic E-state index is -2.04. The molecular formula is C22H13F5O3. The van der Waals surface area contributed by atoms with Crippen molar-refractivity contribution in [2.45, 2.75) is 19.1 Å². The second-order valence-corrected chi connectivity index (χ2v) is 6.83. The molecule has 0 saturated heterocycles. The highest BCUT2D eigenvalue weighted by Crippen LogP contribution is 2.47. The predicted molar refractivity (Wildman–Crippen MR) is 95.8 cm³/mol. The van der Waals surface area contributed by atoms with E-state index in [4.69, 9.17) is 9.47 Å². The largest absolute Gasteiger partial charge is 0.444 e. The SMILES string of the molecule is CC(=O)c1cc2c(cc1F)OC(Cc1ccc(F)cc1F)(c1ccc(F)cc1F)O2. The van der Waals surface area contributed by atoms with Gasteiger partial charge in [0.25, 0.3) is 5.79 Å². The lowest BCUT2D eigenvalue weighted by atomic mass is 9.96. The maximum atomic E-state index is 14.6. The Balaban J connectivity index is 1.85. The number of hydrogen-bond donors (Lipinski definition) is 0. The van der Waals surface area contributed by atoms with Gasteiger partial charge in [0.2, 0.25) is 0 Å². The van der Waals surface area contributed by atoms with Crippen molar-refractivity contribution in [3.63, 3.8) is 0 Å². The molecule has 1 aliphatic heterocycles. The zero-order valence-electron chi connectivity index (χ0n) is 15.4. The lowest BCUT2D eigenvalue weighted by Crippen LogP contribution is -2.39. The number of ketones is 1. The van der Waals surface area contributed by atoms with Crippen LogP contribution >= 0.6 is 0 Å². The standard InChI is InChI=1S/C22H13F5O3/c1-11(28)15-8-20-21(9-18(15)26)30-22(29-20,16-5-4-14(24)7-19(16)27)10-12-2-3-13(23)6-17(12)25/h2-9H,10H2,1H3. The first kappa shape index (κ1) is 19.9. The van der Waals surface area contributed by atoms with E-state index in [0.29, 0.717) is 12.1 Å². The Morgan fingerprint density at radius 1 is 0.800 bits per heavy atom. The van der Waals surface area contributed by atoms with Gasteiger partial charge in [0, 0.05) is 18.2 Å². The summed E-state index contributed by atoms with van der Waals surface area (Å²) < 4.78 is 81.4. The smallest absolute Gasteiger partial charge is 0.285 e. The fourth-order valence-corrected chi connectivity index (χ4v) is 3.33. The van der Waals surface area contributed by atoms with E-state index < -0.39 is 47.1 Å². The summed E-state index contributed by atoms with van der Waals surface area (Å²) in [5.41, 5.74) is -0.644. The minimum absolute atomic E-state index is 0.0761. The number of rotatable bonds is 4. The number of benzene rings is 3. The number of Topliss-reactive ketones (excluding diaryl/α,β-unsaturated/α-hetero) is 1. The van der Waals surface area contributed by atoms with Crippen LogP contribution in [0.15, 0.2) is 48.5 Å². The number of halogens is 5. The van der Waals surface area contributed by atoms with Gasteiger partial charge >= 0.3 is 0 Å². The molecule has 1 heterocycles. The zero-order valence-corrected chi connectivity index (χ0v) is 15.4. The van der Waals surface area contributed by atoms with Crippen LogP contribution in [-0.4, -0.2) is 5.78 Å². The number of carbonyl (C=O) groups is 1. The number of fused-ring (bicyclic) bond motifs is 1. The fraction of sp³-hybridized carbons (Fsp3) is 0.136. The molecule has 1 aliphatic rings. The Kier molecular flexibility index (Phi) is 4.72. The first-order valence-electron chi connectivity index (χ1n) is 8.80. The van der Waals surface area contributed by atoms with Crippen molar-refractivity contribution >= 4 is 5.78 Å². The van der Waals surface area contributed by atoms with Gasteiger partial charge in [-0.05, 0) is 36.8 Å². The molecule has 0 N–H and O–H groups in total. The topological polar surface area (TPSA) is 35.5 Å². The van der Waals surface area contributed by atoms with Gasteiger partial charge in [0.05, 0.1) is 17.5 Å². The van der Waals surface area contributed by atoms with Crippen LogP contribution in [-0.2, 0) is 12.2 Å². The Labute approximate surface area is 167 Å². The third-order valence-corrected chi connectivity index (χ3v) is 4.74. The highest BCUT2D eigenvalue weighted by Gasteiger charge is 2.46. The van der Waals surface area contributed by atoms with Gasteiger partial charge < -0.3 is 9.47 Å². The maximum Gasteiger partial charge on any atom is 0.285 e. The molecule has 0 aromatic heterocycles. The van der Waals surface area contributed by atoms with E-state index in [0.717, 1.165) is 43.3 Å². The first-order chi connectivity index (χ1) is 14.2. The van der Waals surface area contributed by atoms with E-state index in [1.807, 2.05) is 0 Å². The molecule has 3 nitrogen and oxygen atoms in total. The quantitative estimate of drug-likeness (QED) is 0.416. The van der Waals surface area contributed by atoms with Crippen LogP contribution in [0, 0.1) is 29.1 Å². The molecule has 3 aromatic rings. The van der Waals surface area contributed by atoms with Crippen LogP contribution in [0.25, 0.3) is 0 Å². The third kappa shape index (κ3) is 3.38. The molecule has 1 unspecified atom stereocenters. The van der Waals surface area contributed by atoms with Crippen LogP contribution in [0.5, 0.6) is 11.5 Å². The third-order valence-electron chi connectivity index (χ3n) is 4.74. The van der Waals surface area contributed by atoms with Crippen LogP contribution < -0.4 is 9.47 Å². The molecule has 0 spiro atoms. The average molecular weight is 420 g/mol. The van der Waals surface area contributed by atoms with E-state index in [1.54, 1.807) is 0 Å². The Bertz CT molecular complexity index is 1180. The molecule has 1 atom stereocenters. The molecule has 0 saturated carbocycles. The number of ether oxygens (including phenoxy) is 2.